The summed E-state index contributed by atoms with van der Waals surface area (Å²) in [5.74, 6) is 0.648. The number of alkyl halides is 4. The van der Waals surface area contributed by atoms with Crippen LogP contribution in [0.4, 0.5) is 13.2 Å². The first-order valence-corrected chi connectivity index (χ1v) is 6.59. The van der Waals surface area contributed by atoms with Crippen LogP contribution in [0.2, 0.25) is 0 Å². The molecule has 0 amide bonds. The van der Waals surface area contributed by atoms with Crippen LogP contribution in [0.25, 0.3) is 11.0 Å². The molecule has 0 aromatic carbocycles. The van der Waals surface area contributed by atoms with Crippen LogP contribution in [-0.2, 0) is 12.4 Å². The van der Waals surface area contributed by atoms with E-state index in [2.05, 4.69) is 9.97 Å². The summed E-state index contributed by atoms with van der Waals surface area (Å²) in [6.07, 6.45) is 3.15. The van der Waals surface area contributed by atoms with E-state index in [1.54, 1.807) is 23.0 Å². The third kappa shape index (κ3) is 3.08. The van der Waals surface area contributed by atoms with Crippen LogP contribution in [0, 0.1) is 0 Å². The number of imidazole rings is 1. The Morgan fingerprint density at radius 3 is 2.83 bits per heavy atom. The van der Waals surface area contributed by atoms with Crippen molar-refractivity contribution < 1.29 is 13.2 Å². The van der Waals surface area contributed by atoms with Gasteiger partial charge >= 0.3 is 5.51 Å². The molecular weight excluding hydrogens is 287 g/mol. The van der Waals surface area contributed by atoms with Gasteiger partial charge in [0, 0.05) is 18.5 Å². The summed E-state index contributed by atoms with van der Waals surface area (Å²) in [6, 6.07) is 1.72. The second kappa shape index (κ2) is 5.36. The van der Waals surface area contributed by atoms with Crippen molar-refractivity contribution in [3.05, 3.63) is 24.3 Å². The zero-order valence-corrected chi connectivity index (χ0v) is 10.7. The summed E-state index contributed by atoms with van der Waals surface area (Å²) >= 11 is 5.69. The smallest absolute Gasteiger partial charge is 0.326 e. The van der Waals surface area contributed by atoms with Gasteiger partial charge in [-0.2, -0.15) is 13.2 Å². The molecular formula is C10H9ClF3N3S. The van der Waals surface area contributed by atoms with Gasteiger partial charge in [-0.1, -0.05) is 0 Å². The lowest BCUT2D eigenvalue weighted by molar-refractivity contribution is -0.0328. The largest absolute Gasteiger partial charge is 0.441 e. The van der Waals surface area contributed by atoms with E-state index in [1.807, 2.05) is 0 Å². The van der Waals surface area contributed by atoms with Crippen molar-refractivity contribution in [3.8, 4) is 0 Å². The molecule has 2 rings (SSSR count). The molecule has 0 bridgehead atoms. The van der Waals surface area contributed by atoms with Crippen LogP contribution in [0.3, 0.4) is 0 Å². The number of halogens is 4. The molecule has 0 aliphatic heterocycles. The van der Waals surface area contributed by atoms with Crippen molar-refractivity contribution in [1.82, 2.24) is 14.5 Å². The Kier molecular flexibility index (Phi) is 4.01. The summed E-state index contributed by atoms with van der Waals surface area (Å²) in [7, 11) is 0. The molecule has 8 heteroatoms. The molecule has 2 heterocycles. The SMILES string of the molecule is FC(F)(F)SCCn1c(CCl)nc2cnccc21. The van der Waals surface area contributed by atoms with Crippen molar-refractivity contribution in [2.24, 2.45) is 0 Å². The zero-order valence-electron chi connectivity index (χ0n) is 9.12. The van der Waals surface area contributed by atoms with E-state index in [0.717, 1.165) is 5.52 Å². The molecule has 0 radical (unpaired) electrons. The van der Waals surface area contributed by atoms with E-state index in [-0.39, 0.29) is 29.9 Å². The van der Waals surface area contributed by atoms with E-state index in [1.165, 1.54) is 0 Å². The van der Waals surface area contributed by atoms with Gasteiger partial charge in [-0.25, -0.2) is 4.98 Å². The Hall–Kier alpha value is -0.950. The number of fused-ring (bicyclic) bond motifs is 1. The highest BCUT2D eigenvalue weighted by atomic mass is 35.5. The van der Waals surface area contributed by atoms with Gasteiger partial charge in [0.2, 0.25) is 0 Å². The molecule has 0 saturated heterocycles. The number of aromatic nitrogens is 3. The van der Waals surface area contributed by atoms with E-state index >= 15 is 0 Å². The van der Waals surface area contributed by atoms with Crippen LogP contribution >= 0.6 is 23.4 Å². The maximum Gasteiger partial charge on any atom is 0.441 e. The second-order valence-corrected chi connectivity index (χ2v) is 4.90. The first kappa shape index (κ1) is 13.5. The molecule has 2 aromatic rings. The molecule has 98 valence electrons. The fourth-order valence-electron chi connectivity index (χ4n) is 1.64. The fraction of sp³-hybridized carbons (Fsp3) is 0.400. The third-order valence-corrected chi connectivity index (χ3v) is 3.28. The van der Waals surface area contributed by atoms with E-state index < -0.39 is 5.51 Å². The maximum absolute atomic E-state index is 12.1. The average Bonchev–Trinajstić information content (AvgIpc) is 2.66. The molecule has 0 spiro atoms. The van der Waals surface area contributed by atoms with Gasteiger partial charge in [0.15, 0.2) is 0 Å². The highest BCUT2D eigenvalue weighted by Crippen LogP contribution is 2.30. The van der Waals surface area contributed by atoms with E-state index in [4.69, 9.17) is 11.6 Å². The number of hydrogen-bond acceptors (Lipinski definition) is 3. The topological polar surface area (TPSA) is 30.7 Å². The van der Waals surface area contributed by atoms with Crippen molar-refractivity contribution >= 4 is 34.4 Å². The number of nitrogens with zero attached hydrogens (tertiary/aromatic N) is 3. The lowest BCUT2D eigenvalue weighted by Gasteiger charge is -2.09. The minimum atomic E-state index is -4.21. The molecule has 3 nitrogen and oxygen atoms in total. The molecule has 0 unspecified atom stereocenters. The van der Waals surface area contributed by atoms with Gasteiger partial charge in [0.25, 0.3) is 0 Å². The molecule has 0 aliphatic carbocycles. The minimum Gasteiger partial charge on any atom is -0.326 e. The Morgan fingerprint density at radius 2 is 2.17 bits per heavy atom. The minimum absolute atomic E-state index is 0.0478. The van der Waals surface area contributed by atoms with Crippen molar-refractivity contribution in [3.63, 3.8) is 0 Å². The number of rotatable bonds is 4. The average molecular weight is 296 g/mol. The maximum atomic E-state index is 12.1. The van der Waals surface area contributed by atoms with Gasteiger partial charge in [0.05, 0.1) is 17.6 Å². The number of pyridine rings is 1. The first-order chi connectivity index (χ1) is 8.51. The van der Waals surface area contributed by atoms with Crippen molar-refractivity contribution in [2.75, 3.05) is 5.75 Å². The van der Waals surface area contributed by atoms with Gasteiger partial charge in [-0.05, 0) is 17.8 Å². The van der Waals surface area contributed by atoms with E-state index in [0.29, 0.717) is 11.3 Å². The Bertz CT molecular complexity index is 541. The lowest BCUT2D eigenvalue weighted by Crippen LogP contribution is -2.08. The van der Waals surface area contributed by atoms with Crippen LogP contribution in [0.5, 0.6) is 0 Å². The fourth-order valence-corrected chi connectivity index (χ4v) is 2.35. The quantitative estimate of drug-likeness (QED) is 0.810. The molecule has 0 aliphatic rings. The summed E-state index contributed by atoms with van der Waals surface area (Å²) in [5, 5.41) is 0. The van der Waals surface area contributed by atoms with Crippen LogP contribution in [0.15, 0.2) is 18.5 Å². The highest BCUT2D eigenvalue weighted by molar-refractivity contribution is 8.00. The van der Waals surface area contributed by atoms with Gasteiger partial charge in [-0.3, -0.25) is 4.98 Å². The first-order valence-electron chi connectivity index (χ1n) is 5.07. The zero-order chi connectivity index (χ0) is 13.2. The molecule has 0 atom stereocenters. The standard InChI is InChI=1S/C10H9ClF3N3S/c11-5-9-16-7-6-15-2-1-8(7)17(9)3-4-18-10(12,13)14/h1-2,6H,3-5H2. The molecule has 2 aromatic heterocycles. The number of hydrogen-bond donors (Lipinski definition) is 0. The molecule has 0 N–H and O–H groups in total. The molecule has 18 heavy (non-hydrogen) atoms. The Labute approximate surface area is 110 Å². The predicted octanol–water partition coefficient (Wildman–Crippen LogP) is 3.42. The summed E-state index contributed by atoms with van der Waals surface area (Å²) in [4.78, 5) is 8.14. The normalized spacial score (nSPS) is 12.2. The van der Waals surface area contributed by atoms with Crippen LogP contribution in [0.1, 0.15) is 5.82 Å². The van der Waals surface area contributed by atoms with Gasteiger partial charge < -0.3 is 4.57 Å². The van der Waals surface area contributed by atoms with Gasteiger partial charge in [-0.15, -0.1) is 11.6 Å². The third-order valence-electron chi connectivity index (χ3n) is 2.33. The monoisotopic (exact) mass is 295 g/mol. The van der Waals surface area contributed by atoms with Crippen molar-refractivity contribution in [2.45, 2.75) is 17.9 Å². The van der Waals surface area contributed by atoms with E-state index in [9.17, 15) is 13.2 Å². The Balaban J connectivity index is 2.20. The van der Waals surface area contributed by atoms with Crippen molar-refractivity contribution in [1.29, 1.82) is 0 Å². The number of aryl methyl sites for hydroxylation is 1. The van der Waals surface area contributed by atoms with Crippen LogP contribution in [-0.4, -0.2) is 25.8 Å². The number of thioether (sulfide) groups is 1. The summed E-state index contributed by atoms with van der Waals surface area (Å²) in [6.45, 7) is 0.215. The predicted molar refractivity (Wildman–Crippen MR) is 65.6 cm³/mol. The second-order valence-electron chi connectivity index (χ2n) is 3.47. The summed E-state index contributed by atoms with van der Waals surface area (Å²) < 4.78 is 37.9. The highest BCUT2D eigenvalue weighted by Gasteiger charge is 2.27. The molecule has 0 fully saturated rings. The summed E-state index contributed by atoms with van der Waals surface area (Å²) in [5.41, 5.74) is -2.81. The molecule has 0 saturated carbocycles. The lowest BCUT2D eigenvalue weighted by atomic mass is 10.4. The van der Waals surface area contributed by atoms with Crippen LogP contribution < -0.4 is 0 Å². The van der Waals surface area contributed by atoms with Gasteiger partial charge in [0.1, 0.15) is 11.3 Å². The Morgan fingerprint density at radius 1 is 1.39 bits per heavy atom.